The van der Waals surface area contributed by atoms with Crippen LogP contribution in [0.25, 0.3) is 0 Å². The number of Topliss-reactive ketones (excluding diaryl/α,β-unsaturated/α-hetero) is 1. The van der Waals surface area contributed by atoms with Gasteiger partial charge in [-0.1, -0.05) is 6.42 Å². The normalized spacial score (nSPS) is 25.3. The van der Waals surface area contributed by atoms with Gasteiger partial charge in [-0.2, -0.15) is 0 Å². The van der Waals surface area contributed by atoms with E-state index in [0.717, 1.165) is 45.3 Å². The predicted octanol–water partition coefficient (Wildman–Crippen LogP) is 1.83. The van der Waals surface area contributed by atoms with E-state index >= 15 is 0 Å². The SMILES string of the molecule is CC(=O)CC1CCCCN1CC(=O)N1CCCCC1. The van der Waals surface area contributed by atoms with Crippen LogP contribution in [0.1, 0.15) is 51.9 Å². The summed E-state index contributed by atoms with van der Waals surface area (Å²) in [6.45, 7) is 4.98. The lowest BCUT2D eigenvalue weighted by atomic mass is 9.97. The minimum atomic E-state index is 0.238. The topological polar surface area (TPSA) is 40.6 Å². The summed E-state index contributed by atoms with van der Waals surface area (Å²) in [5.41, 5.74) is 0. The van der Waals surface area contributed by atoms with Crippen LogP contribution in [0.4, 0.5) is 0 Å². The summed E-state index contributed by atoms with van der Waals surface area (Å²) in [5.74, 6) is 0.498. The highest BCUT2D eigenvalue weighted by molar-refractivity contribution is 5.79. The van der Waals surface area contributed by atoms with Crippen LogP contribution in [-0.4, -0.2) is 53.7 Å². The van der Waals surface area contributed by atoms with Gasteiger partial charge in [-0.3, -0.25) is 14.5 Å². The van der Waals surface area contributed by atoms with E-state index in [9.17, 15) is 9.59 Å². The van der Waals surface area contributed by atoms with Crippen LogP contribution >= 0.6 is 0 Å². The van der Waals surface area contributed by atoms with Gasteiger partial charge in [0.2, 0.25) is 5.91 Å². The van der Waals surface area contributed by atoms with E-state index in [1.54, 1.807) is 6.92 Å². The van der Waals surface area contributed by atoms with Crippen LogP contribution in [0.3, 0.4) is 0 Å². The van der Waals surface area contributed by atoms with Gasteiger partial charge in [0.25, 0.3) is 0 Å². The Bertz CT molecular complexity index is 324. The Morgan fingerprint density at radius 2 is 1.68 bits per heavy atom. The van der Waals surface area contributed by atoms with Crippen molar-refractivity contribution >= 4 is 11.7 Å². The average molecular weight is 266 g/mol. The van der Waals surface area contributed by atoms with Crippen molar-refractivity contribution in [3.8, 4) is 0 Å². The summed E-state index contributed by atoms with van der Waals surface area (Å²) in [7, 11) is 0. The molecule has 2 heterocycles. The molecule has 1 unspecified atom stereocenters. The molecule has 0 aliphatic carbocycles. The lowest BCUT2D eigenvalue weighted by molar-refractivity contribution is -0.135. The van der Waals surface area contributed by atoms with Crippen molar-refractivity contribution in [3.05, 3.63) is 0 Å². The third-order valence-corrected chi connectivity index (χ3v) is 4.32. The van der Waals surface area contributed by atoms with E-state index < -0.39 is 0 Å². The molecule has 0 aromatic rings. The highest BCUT2D eigenvalue weighted by atomic mass is 16.2. The Morgan fingerprint density at radius 3 is 2.37 bits per heavy atom. The molecule has 0 radical (unpaired) electrons. The second-order valence-corrected chi connectivity index (χ2v) is 5.97. The zero-order valence-electron chi connectivity index (χ0n) is 12.1. The van der Waals surface area contributed by atoms with Crippen molar-refractivity contribution in [2.75, 3.05) is 26.2 Å². The maximum Gasteiger partial charge on any atom is 0.236 e. The van der Waals surface area contributed by atoms with Gasteiger partial charge >= 0.3 is 0 Å². The van der Waals surface area contributed by atoms with Gasteiger partial charge in [-0.15, -0.1) is 0 Å². The predicted molar refractivity (Wildman–Crippen MR) is 74.9 cm³/mol. The molecule has 4 nitrogen and oxygen atoms in total. The zero-order valence-corrected chi connectivity index (χ0v) is 12.1. The number of amides is 1. The van der Waals surface area contributed by atoms with E-state index in [4.69, 9.17) is 0 Å². The van der Waals surface area contributed by atoms with Crippen LogP contribution in [0, 0.1) is 0 Å². The molecule has 19 heavy (non-hydrogen) atoms. The van der Waals surface area contributed by atoms with Gasteiger partial charge in [-0.25, -0.2) is 0 Å². The first-order chi connectivity index (χ1) is 9.16. The summed E-state index contributed by atoms with van der Waals surface area (Å²) in [6.07, 6.45) is 7.54. The molecule has 2 rings (SSSR count). The number of rotatable bonds is 4. The Hall–Kier alpha value is -0.900. The molecule has 2 saturated heterocycles. The maximum absolute atomic E-state index is 12.3. The second-order valence-electron chi connectivity index (χ2n) is 5.97. The highest BCUT2D eigenvalue weighted by Crippen LogP contribution is 2.20. The molecule has 0 N–H and O–H groups in total. The molecular weight excluding hydrogens is 240 g/mol. The fourth-order valence-electron chi connectivity index (χ4n) is 3.25. The van der Waals surface area contributed by atoms with Crippen LogP contribution in [0.2, 0.25) is 0 Å². The zero-order chi connectivity index (χ0) is 13.7. The quantitative estimate of drug-likeness (QED) is 0.779. The average Bonchev–Trinajstić information content (AvgIpc) is 2.41. The molecule has 4 heteroatoms. The van der Waals surface area contributed by atoms with Crippen LogP contribution in [0.5, 0.6) is 0 Å². The van der Waals surface area contributed by atoms with Crippen molar-refractivity contribution in [2.24, 2.45) is 0 Å². The molecule has 0 aromatic carbocycles. The molecule has 0 saturated carbocycles. The number of ketones is 1. The molecule has 0 aromatic heterocycles. The van der Waals surface area contributed by atoms with Crippen molar-refractivity contribution in [2.45, 2.75) is 57.9 Å². The second kappa shape index (κ2) is 7.04. The summed E-state index contributed by atoms with van der Waals surface area (Å²) < 4.78 is 0. The first-order valence-electron chi connectivity index (χ1n) is 7.68. The van der Waals surface area contributed by atoms with E-state index in [2.05, 4.69) is 4.90 Å². The van der Waals surface area contributed by atoms with E-state index in [-0.39, 0.29) is 11.7 Å². The summed E-state index contributed by atoms with van der Waals surface area (Å²) in [4.78, 5) is 27.9. The number of carbonyl (C=O) groups excluding carboxylic acids is 2. The van der Waals surface area contributed by atoms with Gasteiger partial charge in [0.1, 0.15) is 5.78 Å². The van der Waals surface area contributed by atoms with Gasteiger partial charge in [0.05, 0.1) is 6.54 Å². The molecule has 0 spiro atoms. The number of carbonyl (C=O) groups is 2. The number of hydrogen-bond donors (Lipinski definition) is 0. The molecule has 0 bridgehead atoms. The standard InChI is InChI=1S/C15H26N2O2/c1-13(18)11-14-7-3-6-10-17(14)12-15(19)16-8-4-2-5-9-16/h14H,2-12H2,1H3. The number of nitrogens with zero attached hydrogens (tertiary/aromatic N) is 2. The van der Waals surface area contributed by atoms with Crippen molar-refractivity contribution in [1.82, 2.24) is 9.80 Å². The maximum atomic E-state index is 12.3. The Balaban J connectivity index is 1.87. The Labute approximate surface area is 116 Å². The van der Waals surface area contributed by atoms with E-state index in [0.29, 0.717) is 19.0 Å². The fraction of sp³-hybridized carbons (Fsp3) is 0.867. The molecular formula is C15H26N2O2. The number of likely N-dealkylation sites (tertiary alicyclic amines) is 2. The molecule has 2 fully saturated rings. The molecule has 2 aliphatic heterocycles. The van der Waals surface area contributed by atoms with E-state index in [1.807, 2.05) is 4.90 Å². The summed E-state index contributed by atoms with van der Waals surface area (Å²) >= 11 is 0. The molecule has 108 valence electrons. The van der Waals surface area contributed by atoms with Crippen molar-refractivity contribution in [3.63, 3.8) is 0 Å². The number of piperidine rings is 2. The van der Waals surface area contributed by atoms with Gasteiger partial charge in [0, 0.05) is 25.6 Å². The largest absolute Gasteiger partial charge is 0.342 e. The highest BCUT2D eigenvalue weighted by Gasteiger charge is 2.27. The number of hydrogen-bond acceptors (Lipinski definition) is 3. The summed E-state index contributed by atoms with van der Waals surface area (Å²) in [6, 6.07) is 0.292. The molecule has 1 atom stereocenters. The van der Waals surface area contributed by atoms with Crippen LogP contribution in [-0.2, 0) is 9.59 Å². The third kappa shape index (κ3) is 4.30. The van der Waals surface area contributed by atoms with Gasteiger partial charge in [0.15, 0.2) is 0 Å². The summed E-state index contributed by atoms with van der Waals surface area (Å²) in [5, 5.41) is 0. The first-order valence-corrected chi connectivity index (χ1v) is 7.68. The minimum Gasteiger partial charge on any atom is -0.342 e. The van der Waals surface area contributed by atoms with Gasteiger partial charge in [-0.05, 0) is 45.6 Å². The van der Waals surface area contributed by atoms with Crippen LogP contribution < -0.4 is 0 Å². The van der Waals surface area contributed by atoms with Crippen molar-refractivity contribution < 1.29 is 9.59 Å². The lowest BCUT2D eigenvalue weighted by Crippen LogP contribution is -2.48. The molecule has 2 aliphatic rings. The van der Waals surface area contributed by atoms with Crippen molar-refractivity contribution in [1.29, 1.82) is 0 Å². The Kier molecular flexibility index (Phi) is 5.37. The first kappa shape index (κ1) is 14.5. The van der Waals surface area contributed by atoms with E-state index in [1.165, 1.54) is 12.8 Å². The smallest absolute Gasteiger partial charge is 0.236 e. The fourth-order valence-corrected chi connectivity index (χ4v) is 3.25. The minimum absolute atomic E-state index is 0.238. The monoisotopic (exact) mass is 266 g/mol. The molecule has 1 amide bonds. The lowest BCUT2D eigenvalue weighted by Gasteiger charge is -2.36. The Morgan fingerprint density at radius 1 is 1.00 bits per heavy atom. The van der Waals surface area contributed by atoms with Gasteiger partial charge < -0.3 is 4.90 Å². The third-order valence-electron chi connectivity index (χ3n) is 4.32. The van der Waals surface area contributed by atoms with Crippen LogP contribution in [0.15, 0.2) is 0 Å².